The number of nitrogens with zero attached hydrogens (tertiary/aromatic N) is 1. The van der Waals surface area contributed by atoms with Crippen molar-refractivity contribution in [3.05, 3.63) is 43.8 Å². The molecule has 0 saturated carbocycles. The van der Waals surface area contributed by atoms with Gasteiger partial charge in [0.1, 0.15) is 5.75 Å². The maximum absolute atomic E-state index is 5.50. The maximum Gasteiger partial charge on any atom is 0.128 e. The summed E-state index contributed by atoms with van der Waals surface area (Å²) in [5.41, 5.74) is 4.60. The summed E-state index contributed by atoms with van der Waals surface area (Å²) in [6.45, 7) is 7.17. The van der Waals surface area contributed by atoms with E-state index in [2.05, 4.69) is 51.5 Å². The topological polar surface area (TPSA) is 34.2 Å². The molecule has 0 spiro atoms. The number of pyridine rings is 1. The number of hydrogen-bond acceptors (Lipinski definition) is 4. The fourth-order valence-electron chi connectivity index (χ4n) is 2.53. The Kier molecular flexibility index (Phi) is 5.79. The molecule has 21 heavy (non-hydrogen) atoms. The SMILES string of the molecule is CCNC(Cc1ncc(C)c(OC)c1C)c1csc(Br)c1. The quantitative estimate of drug-likeness (QED) is 0.818. The molecule has 2 heterocycles. The van der Waals surface area contributed by atoms with E-state index in [9.17, 15) is 0 Å². The zero-order chi connectivity index (χ0) is 15.4. The highest BCUT2D eigenvalue weighted by Crippen LogP contribution is 2.30. The number of likely N-dealkylation sites (N-methyl/N-ethyl adjacent to an activating group) is 1. The smallest absolute Gasteiger partial charge is 0.128 e. The lowest BCUT2D eigenvalue weighted by atomic mass is 10.0. The summed E-state index contributed by atoms with van der Waals surface area (Å²) in [4.78, 5) is 4.61. The summed E-state index contributed by atoms with van der Waals surface area (Å²) in [6.07, 6.45) is 2.76. The summed E-state index contributed by atoms with van der Waals surface area (Å²) >= 11 is 5.25. The molecule has 5 heteroatoms. The summed E-state index contributed by atoms with van der Waals surface area (Å²) in [5.74, 6) is 0.946. The Bertz CT molecular complexity index is 612. The van der Waals surface area contributed by atoms with Gasteiger partial charge in [0.2, 0.25) is 0 Å². The third kappa shape index (κ3) is 3.84. The van der Waals surface area contributed by atoms with Gasteiger partial charge >= 0.3 is 0 Å². The predicted molar refractivity (Wildman–Crippen MR) is 92.4 cm³/mol. The largest absolute Gasteiger partial charge is 0.496 e. The summed E-state index contributed by atoms with van der Waals surface area (Å²) in [6, 6.07) is 2.45. The highest BCUT2D eigenvalue weighted by Gasteiger charge is 2.17. The van der Waals surface area contributed by atoms with Crippen LogP contribution in [0.1, 0.15) is 35.3 Å². The van der Waals surface area contributed by atoms with Gasteiger partial charge in [-0.1, -0.05) is 6.92 Å². The van der Waals surface area contributed by atoms with Gasteiger partial charge in [-0.2, -0.15) is 0 Å². The minimum atomic E-state index is 0.274. The van der Waals surface area contributed by atoms with Gasteiger partial charge in [0.15, 0.2) is 0 Å². The molecule has 2 rings (SSSR count). The van der Waals surface area contributed by atoms with Crippen LogP contribution in [0.25, 0.3) is 0 Å². The van der Waals surface area contributed by atoms with Crippen molar-refractivity contribution in [2.24, 2.45) is 0 Å². The van der Waals surface area contributed by atoms with Gasteiger partial charge in [-0.3, -0.25) is 4.98 Å². The van der Waals surface area contributed by atoms with Crippen molar-refractivity contribution in [3.8, 4) is 5.75 Å². The molecule has 0 aromatic carbocycles. The molecule has 0 fully saturated rings. The van der Waals surface area contributed by atoms with Crippen molar-refractivity contribution in [1.29, 1.82) is 0 Å². The Morgan fingerprint density at radius 1 is 1.43 bits per heavy atom. The number of hydrogen-bond donors (Lipinski definition) is 1. The molecule has 114 valence electrons. The van der Waals surface area contributed by atoms with E-state index < -0.39 is 0 Å². The molecule has 2 aromatic rings. The summed E-state index contributed by atoms with van der Waals surface area (Å²) in [5, 5.41) is 5.74. The first-order chi connectivity index (χ1) is 10.1. The second-order valence-electron chi connectivity index (χ2n) is 5.04. The monoisotopic (exact) mass is 368 g/mol. The van der Waals surface area contributed by atoms with Crippen molar-refractivity contribution in [1.82, 2.24) is 10.3 Å². The van der Waals surface area contributed by atoms with E-state index in [1.54, 1.807) is 18.4 Å². The predicted octanol–water partition coefficient (Wildman–Crippen LogP) is 4.42. The standard InChI is InChI=1S/C16H21BrN2OS/c1-5-18-14(12-6-15(17)21-9-12)7-13-11(3)16(20-4)10(2)8-19-13/h6,8-9,14,18H,5,7H2,1-4H3. The second-order valence-corrected chi connectivity index (χ2v) is 7.34. The highest BCUT2D eigenvalue weighted by atomic mass is 79.9. The number of aryl methyl sites for hydroxylation is 1. The lowest BCUT2D eigenvalue weighted by molar-refractivity contribution is 0.406. The molecule has 3 nitrogen and oxygen atoms in total. The van der Waals surface area contributed by atoms with Crippen LogP contribution in [-0.2, 0) is 6.42 Å². The molecular weight excluding hydrogens is 348 g/mol. The number of nitrogens with one attached hydrogen (secondary N) is 1. The Morgan fingerprint density at radius 3 is 2.76 bits per heavy atom. The summed E-state index contributed by atoms with van der Waals surface area (Å²) < 4.78 is 6.66. The molecule has 0 bridgehead atoms. The molecule has 0 aliphatic heterocycles. The fraction of sp³-hybridized carbons (Fsp3) is 0.438. The van der Waals surface area contributed by atoms with E-state index in [0.29, 0.717) is 0 Å². The minimum Gasteiger partial charge on any atom is -0.496 e. The van der Waals surface area contributed by atoms with Crippen LogP contribution in [0.15, 0.2) is 21.4 Å². The van der Waals surface area contributed by atoms with Crippen LogP contribution >= 0.6 is 27.3 Å². The fourth-order valence-corrected chi connectivity index (χ4v) is 3.76. The Balaban J connectivity index is 2.29. The van der Waals surface area contributed by atoms with Crippen LogP contribution in [0.4, 0.5) is 0 Å². The zero-order valence-electron chi connectivity index (χ0n) is 12.9. The number of methoxy groups -OCH3 is 1. The molecule has 2 aromatic heterocycles. The van der Waals surface area contributed by atoms with Gasteiger partial charge in [0, 0.05) is 35.5 Å². The van der Waals surface area contributed by atoms with Crippen molar-refractivity contribution >= 4 is 27.3 Å². The number of ether oxygens (including phenoxy) is 1. The first-order valence-corrected chi connectivity index (χ1v) is 8.70. The molecule has 0 saturated heterocycles. The lowest BCUT2D eigenvalue weighted by Crippen LogP contribution is -2.23. The van der Waals surface area contributed by atoms with Crippen LogP contribution in [0.5, 0.6) is 5.75 Å². The van der Waals surface area contributed by atoms with E-state index in [1.807, 2.05) is 13.1 Å². The maximum atomic E-state index is 5.50. The van der Waals surface area contributed by atoms with Gasteiger partial charge < -0.3 is 10.1 Å². The second kappa shape index (κ2) is 7.38. The molecule has 1 unspecified atom stereocenters. The molecular formula is C16H21BrN2OS. The van der Waals surface area contributed by atoms with Gasteiger partial charge in [-0.25, -0.2) is 0 Å². The van der Waals surface area contributed by atoms with E-state index in [4.69, 9.17) is 4.74 Å². The normalized spacial score (nSPS) is 12.4. The number of halogens is 1. The van der Waals surface area contributed by atoms with Gasteiger partial charge in [0.05, 0.1) is 10.9 Å². The molecule has 0 aliphatic carbocycles. The Hall–Kier alpha value is -0.910. The van der Waals surface area contributed by atoms with Crippen molar-refractivity contribution in [2.75, 3.05) is 13.7 Å². The van der Waals surface area contributed by atoms with Crippen molar-refractivity contribution < 1.29 is 4.74 Å². The van der Waals surface area contributed by atoms with Crippen LogP contribution < -0.4 is 10.1 Å². The van der Waals surface area contributed by atoms with Crippen LogP contribution in [0.3, 0.4) is 0 Å². The summed E-state index contributed by atoms with van der Waals surface area (Å²) in [7, 11) is 1.72. The van der Waals surface area contributed by atoms with Gasteiger partial charge in [0.25, 0.3) is 0 Å². The van der Waals surface area contributed by atoms with E-state index >= 15 is 0 Å². The molecule has 1 N–H and O–H groups in total. The molecule has 0 aliphatic rings. The zero-order valence-corrected chi connectivity index (χ0v) is 15.3. The van der Waals surface area contributed by atoms with Gasteiger partial charge in [-0.15, -0.1) is 11.3 Å². The molecule has 1 atom stereocenters. The Morgan fingerprint density at radius 2 is 2.19 bits per heavy atom. The number of rotatable bonds is 6. The minimum absolute atomic E-state index is 0.274. The lowest BCUT2D eigenvalue weighted by Gasteiger charge is -2.19. The van der Waals surface area contributed by atoms with Gasteiger partial charge in [-0.05, 0) is 53.3 Å². The third-order valence-corrected chi connectivity index (χ3v) is 5.11. The first kappa shape index (κ1) is 16.5. The molecule has 0 amide bonds. The first-order valence-electron chi connectivity index (χ1n) is 7.03. The van der Waals surface area contributed by atoms with Crippen LogP contribution in [-0.4, -0.2) is 18.6 Å². The van der Waals surface area contributed by atoms with Crippen LogP contribution in [0.2, 0.25) is 0 Å². The average Bonchev–Trinajstić information content (AvgIpc) is 2.88. The highest BCUT2D eigenvalue weighted by molar-refractivity contribution is 9.11. The number of aromatic nitrogens is 1. The van der Waals surface area contributed by atoms with E-state index in [-0.39, 0.29) is 6.04 Å². The number of thiophene rings is 1. The Labute approximate surface area is 138 Å². The van der Waals surface area contributed by atoms with Crippen molar-refractivity contribution in [3.63, 3.8) is 0 Å². The molecule has 0 radical (unpaired) electrons. The average molecular weight is 369 g/mol. The van der Waals surface area contributed by atoms with E-state index in [0.717, 1.165) is 39.3 Å². The van der Waals surface area contributed by atoms with Crippen LogP contribution in [0, 0.1) is 13.8 Å². The third-order valence-electron chi connectivity index (χ3n) is 3.59. The van der Waals surface area contributed by atoms with Crippen molar-refractivity contribution in [2.45, 2.75) is 33.2 Å². The van der Waals surface area contributed by atoms with E-state index in [1.165, 1.54) is 5.56 Å².